The quantitative estimate of drug-likeness (QED) is 0.623. The second-order valence-electron chi connectivity index (χ2n) is 7.94. The average molecular weight is 460 g/mol. The van der Waals surface area contributed by atoms with Crippen molar-refractivity contribution >= 4 is 21.8 Å². The molecule has 1 heterocycles. The standard InChI is InChI=1S/C24H33N3O4S/c1-4-27(22-12-14-23(15-13-22)31-5-2)32(29,30)26-16-8-11-21(18-26)24(28)25-17-20-10-7-6-9-19(20)3/h6-7,9-10,12-15,21H,4-5,8,11,16-18H2,1-3H3,(H,25,28)/t21-/m0/s1. The summed E-state index contributed by atoms with van der Waals surface area (Å²) >= 11 is 0. The molecule has 0 radical (unpaired) electrons. The summed E-state index contributed by atoms with van der Waals surface area (Å²) < 4.78 is 35.1. The van der Waals surface area contributed by atoms with E-state index in [9.17, 15) is 13.2 Å². The fraction of sp³-hybridized carbons (Fsp3) is 0.458. The van der Waals surface area contributed by atoms with E-state index in [0.717, 1.165) is 11.1 Å². The minimum atomic E-state index is -3.75. The van der Waals surface area contributed by atoms with Gasteiger partial charge in [-0.15, -0.1) is 0 Å². The van der Waals surface area contributed by atoms with E-state index in [0.29, 0.717) is 50.5 Å². The lowest BCUT2D eigenvalue weighted by Gasteiger charge is -2.35. The van der Waals surface area contributed by atoms with Crippen LogP contribution in [0.3, 0.4) is 0 Å². The van der Waals surface area contributed by atoms with Crippen molar-refractivity contribution in [1.29, 1.82) is 0 Å². The van der Waals surface area contributed by atoms with E-state index in [4.69, 9.17) is 4.74 Å². The molecule has 0 saturated carbocycles. The third-order valence-electron chi connectivity index (χ3n) is 5.80. The molecule has 0 unspecified atom stereocenters. The average Bonchev–Trinajstić information content (AvgIpc) is 2.80. The second kappa shape index (κ2) is 10.8. The highest BCUT2D eigenvalue weighted by Gasteiger charge is 2.35. The number of benzene rings is 2. The fourth-order valence-corrected chi connectivity index (χ4v) is 5.72. The highest BCUT2D eigenvalue weighted by Crippen LogP contribution is 2.27. The van der Waals surface area contributed by atoms with E-state index in [1.165, 1.54) is 8.61 Å². The van der Waals surface area contributed by atoms with E-state index < -0.39 is 10.2 Å². The predicted octanol–water partition coefficient (Wildman–Crippen LogP) is 3.49. The second-order valence-corrected chi connectivity index (χ2v) is 9.79. The molecule has 7 nitrogen and oxygen atoms in total. The maximum Gasteiger partial charge on any atom is 0.304 e. The summed E-state index contributed by atoms with van der Waals surface area (Å²) in [6, 6.07) is 15.0. The van der Waals surface area contributed by atoms with Crippen LogP contribution in [0.1, 0.15) is 37.8 Å². The molecule has 0 bridgehead atoms. The van der Waals surface area contributed by atoms with Crippen molar-refractivity contribution in [1.82, 2.24) is 9.62 Å². The predicted molar refractivity (Wildman–Crippen MR) is 127 cm³/mol. The van der Waals surface area contributed by atoms with Crippen LogP contribution in [0.15, 0.2) is 48.5 Å². The maximum atomic E-state index is 13.4. The van der Waals surface area contributed by atoms with Gasteiger partial charge in [-0.1, -0.05) is 24.3 Å². The number of hydrogen-bond donors (Lipinski definition) is 1. The van der Waals surface area contributed by atoms with Crippen LogP contribution in [0, 0.1) is 12.8 Å². The first kappa shape index (κ1) is 24.1. The first-order chi connectivity index (χ1) is 15.4. The molecular weight excluding hydrogens is 426 g/mol. The van der Waals surface area contributed by atoms with E-state index in [1.807, 2.05) is 45.0 Å². The van der Waals surface area contributed by atoms with E-state index >= 15 is 0 Å². The molecule has 8 heteroatoms. The lowest BCUT2D eigenvalue weighted by Crippen LogP contribution is -2.50. The lowest BCUT2D eigenvalue weighted by atomic mass is 9.98. The van der Waals surface area contributed by atoms with Crippen molar-refractivity contribution < 1.29 is 17.9 Å². The van der Waals surface area contributed by atoms with Crippen molar-refractivity contribution in [2.24, 2.45) is 5.92 Å². The molecule has 0 spiro atoms. The van der Waals surface area contributed by atoms with Gasteiger partial charge in [0, 0.05) is 26.2 Å². The Morgan fingerprint density at radius 1 is 1.16 bits per heavy atom. The van der Waals surface area contributed by atoms with Gasteiger partial charge in [-0.05, 0) is 69.0 Å². The molecule has 1 fully saturated rings. The molecule has 174 valence electrons. The Hall–Kier alpha value is -2.58. The molecule has 1 amide bonds. The summed E-state index contributed by atoms with van der Waals surface area (Å²) in [6.07, 6.45) is 1.34. The highest BCUT2D eigenvalue weighted by molar-refractivity contribution is 7.90. The molecule has 1 saturated heterocycles. The number of rotatable bonds is 9. The summed E-state index contributed by atoms with van der Waals surface area (Å²) in [7, 11) is -3.75. The number of nitrogens with zero attached hydrogens (tertiary/aromatic N) is 2. The molecule has 1 aliphatic rings. The summed E-state index contributed by atoms with van der Waals surface area (Å²) in [5, 5.41) is 2.99. The Kier molecular flexibility index (Phi) is 8.15. The van der Waals surface area contributed by atoms with Crippen LogP contribution in [0.4, 0.5) is 5.69 Å². The molecule has 2 aromatic carbocycles. The summed E-state index contributed by atoms with van der Waals surface area (Å²) in [5.74, 6) is 0.243. The number of piperidine rings is 1. The number of nitrogens with one attached hydrogen (secondary N) is 1. The number of aryl methyl sites for hydroxylation is 1. The number of carbonyl (C=O) groups excluding carboxylic acids is 1. The Morgan fingerprint density at radius 2 is 1.88 bits per heavy atom. The van der Waals surface area contributed by atoms with Crippen molar-refractivity contribution in [3.05, 3.63) is 59.7 Å². The van der Waals surface area contributed by atoms with Crippen molar-refractivity contribution in [2.75, 3.05) is 30.5 Å². The molecule has 0 aliphatic carbocycles. The van der Waals surface area contributed by atoms with Gasteiger partial charge in [0.1, 0.15) is 5.75 Å². The molecule has 1 N–H and O–H groups in total. The van der Waals surface area contributed by atoms with Crippen molar-refractivity contribution in [3.8, 4) is 5.75 Å². The van der Waals surface area contributed by atoms with Crippen LogP contribution in [0.2, 0.25) is 0 Å². The van der Waals surface area contributed by atoms with Gasteiger partial charge in [0.2, 0.25) is 5.91 Å². The third kappa shape index (κ3) is 5.61. The molecular formula is C24H33N3O4S. The number of ether oxygens (including phenoxy) is 1. The van der Waals surface area contributed by atoms with Gasteiger partial charge in [0.25, 0.3) is 0 Å². The van der Waals surface area contributed by atoms with Gasteiger partial charge >= 0.3 is 10.2 Å². The van der Waals surface area contributed by atoms with Crippen LogP contribution >= 0.6 is 0 Å². The van der Waals surface area contributed by atoms with Gasteiger partial charge in [-0.2, -0.15) is 12.7 Å². The van der Waals surface area contributed by atoms with Crippen LogP contribution in [-0.4, -0.2) is 44.9 Å². The lowest BCUT2D eigenvalue weighted by molar-refractivity contribution is -0.126. The van der Waals surface area contributed by atoms with Crippen LogP contribution in [0.5, 0.6) is 5.75 Å². The molecule has 32 heavy (non-hydrogen) atoms. The summed E-state index contributed by atoms with van der Waals surface area (Å²) in [4.78, 5) is 12.8. The van der Waals surface area contributed by atoms with E-state index in [1.54, 1.807) is 24.3 Å². The normalized spacial score (nSPS) is 17.0. The van der Waals surface area contributed by atoms with Crippen LogP contribution in [0.25, 0.3) is 0 Å². The number of anilines is 1. The number of amides is 1. The minimum Gasteiger partial charge on any atom is -0.494 e. The van der Waals surface area contributed by atoms with Gasteiger partial charge in [0.05, 0.1) is 18.2 Å². The Bertz CT molecular complexity index is 1010. The minimum absolute atomic E-state index is 0.0998. The first-order valence-corrected chi connectivity index (χ1v) is 12.6. The molecule has 0 aromatic heterocycles. The highest BCUT2D eigenvalue weighted by atomic mass is 32.2. The third-order valence-corrected chi connectivity index (χ3v) is 7.81. The maximum absolute atomic E-state index is 13.4. The zero-order chi connectivity index (χ0) is 23.1. The van der Waals surface area contributed by atoms with Crippen LogP contribution in [-0.2, 0) is 21.5 Å². The van der Waals surface area contributed by atoms with E-state index in [2.05, 4.69) is 5.32 Å². The Labute approximate surface area is 191 Å². The molecule has 1 aliphatic heterocycles. The number of carbonyl (C=O) groups is 1. The molecule has 3 rings (SSSR count). The van der Waals surface area contributed by atoms with Crippen molar-refractivity contribution in [3.63, 3.8) is 0 Å². The summed E-state index contributed by atoms with van der Waals surface area (Å²) in [5.41, 5.74) is 2.77. The van der Waals surface area contributed by atoms with Crippen molar-refractivity contribution in [2.45, 2.75) is 40.2 Å². The van der Waals surface area contributed by atoms with Gasteiger partial charge in [-0.3, -0.25) is 9.10 Å². The first-order valence-electron chi connectivity index (χ1n) is 11.2. The largest absolute Gasteiger partial charge is 0.494 e. The zero-order valence-electron chi connectivity index (χ0n) is 19.1. The van der Waals surface area contributed by atoms with Gasteiger partial charge in [0.15, 0.2) is 0 Å². The van der Waals surface area contributed by atoms with Gasteiger partial charge in [-0.25, -0.2) is 0 Å². The van der Waals surface area contributed by atoms with Gasteiger partial charge < -0.3 is 10.1 Å². The molecule has 1 atom stereocenters. The monoisotopic (exact) mass is 459 g/mol. The molecule has 2 aromatic rings. The SMILES string of the molecule is CCOc1ccc(N(CC)S(=O)(=O)N2CCC[C@H](C(=O)NCc3ccccc3C)C2)cc1. The Balaban J connectivity index is 1.67. The fourth-order valence-electron chi connectivity index (χ4n) is 3.99. The van der Waals surface area contributed by atoms with E-state index in [-0.39, 0.29) is 18.4 Å². The topological polar surface area (TPSA) is 79.0 Å². The zero-order valence-corrected chi connectivity index (χ0v) is 19.9. The Morgan fingerprint density at radius 3 is 2.53 bits per heavy atom. The number of hydrogen-bond acceptors (Lipinski definition) is 4. The summed E-state index contributed by atoms with van der Waals surface area (Å²) in [6.45, 7) is 7.63. The van der Waals surface area contributed by atoms with Crippen LogP contribution < -0.4 is 14.4 Å². The smallest absolute Gasteiger partial charge is 0.304 e.